The van der Waals surface area contributed by atoms with Crippen LogP contribution in [0.5, 0.6) is 0 Å². The molecule has 1 aliphatic rings. The fourth-order valence-electron chi connectivity index (χ4n) is 5.66. The maximum Gasteiger partial charge on any atom is 0.276 e. The Hall–Kier alpha value is -2.11. The second-order valence-electron chi connectivity index (χ2n) is 13.0. The Bertz CT molecular complexity index is 1120. The van der Waals surface area contributed by atoms with E-state index in [0.717, 1.165) is 12.2 Å². The van der Waals surface area contributed by atoms with Crippen molar-refractivity contribution in [3.05, 3.63) is 95.1 Å². The predicted octanol–water partition coefficient (Wildman–Crippen LogP) is 10.0. The van der Waals surface area contributed by atoms with Crippen LogP contribution < -0.4 is 5.19 Å². The lowest BCUT2D eigenvalue weighted by molar-refractivity contribution is 0.512. The number of hydrogen-bond acceptors (Lipinski definition) is 1. The van der Waals surface area contributed by atoms with E-state index < -0.39 is 17.1 Å². The minimum absolute atomic E-state index is 0.353. The van der Waals surface area contributed by atoms with E-state index in [2.05, 4.69) is 141 Å². The highest BCUT2D eigenvalue weighted by Gasteiger charge is 2.33. The van der Waals surface area contributed by atoms with Gasteiger partial charge in [0.05, 0.1) is 0 Å². The van der Waals surface area contributed by atoms with Crippen LogP contribution in [-0.2, 0) is 4.43 Å². The minimum atomic E-state index is -2.19. The average molecular weight is 545 g/mol. The van der Waals surface area contributed by atoms with Crippen LogP contribution in [0.4, 0.5) is 0 Å². The number of allylic oxidation sites excluding steroid dienone is 5. The molecule has 1 nitrogen and oxygen atoms in total. The third-order valence-corrected chi connectivity index (χ3v) is 13.9. The van der Waals surface area contributed by atoms with Gasteiger partial charge in [0, 0.05) is 14.4 Å². The van der Waals surface area contributed by atoms with Crippen LogP contribution in [0.1, 0.15) is 101 Å². The Morgan fingerprint density at radius 2 is 1.53 bits per heavy atom. The summed E-state index contributed by atoms with van der Waals surface area (Å²) in [4.78, 5) is 0. The third-order valence-electron chi connectivity index (χ3n) is 8.48. The van der Waals surface area contributed by atoms with Crippen LogP contribution in [0.15, 0.2) is 72.8 Å². The summed E-state index contributed by atoms with van der Waals surface area (Å²) in [5.41, 5.74) is 5.64. The van der Waals surface area contributed by atoms with Crippen LogP contribution in [0.2, 0.25) is 31.2 Å². The van der Waals surface area contributed by atoms with Crippen molar-refractivity contribution in [2.45, 2.75) is 110 Å². The highest BCUT2D eigenvalue weighted by atomic mass is 28.4. The van der Waals surface area contributed by atoms with E-state index >= 15 is 0 Å². The maximum absolute atomic E-state index is 7.25. The quantitative estimate of drug-likeness (QED) is 0.202. The van der Waals surface area contributed by atoms with E-state index in [4.69, 9.17) is 4.43 Å². The van der Waals surface area contributed by atoms with Crippen molar-refractivity contribution >= 4 is 28.1 Å². The lowest BCUT2D eigenvalue weighted by atomic mass is 9.83. The molecule has 0 heterocycles. The van der Waals surface area contributed by atoms with Crippen LogP contribution in [0.25, 0.3) is 5.76 Å². The van der Waals surface area contributed by atoms with E-state index in [1.54, 1.807) is 0 Å². The van der Waals surface area contributed by atoms with Gasteiger partial charge in [0.15, 0.2) is 0 Å². The van der Waals surface area contributed by atoms with Crippen molar-refractivity contribution in [3.63, 3.8) is 0 Å². The molecule has 0 radical (unpaired) electrons. The zero-order valence-electron chi connectivity index (χ0n) is 25.8. The monoisotopic (exact) mass is 544 g/mol. The summed E-state index contributed by atoms with van der Waals surface area (Å²) >= 11 is 0. The van der Waals surface area contributed by atoms with E-state index in [0.29, 0.717) is 22.8 Å². The number of rotatable bonds is 11. The van der Waals surface area contributed by atoms with Gasteiger partial charge in [0.1, 0.15) is 5.76 Å². The van der Waals surface area contributed by atoms with E-state index in [1.807, 2.05) is 0 Å². The van der Waals surface area contributed by atoms with Gasteiger partial charge in [0.2, 0.25) is 0 Å². The van der Waals surface area contributed by atoms with Gasteiger partial charge < -0.3 is 4.43 Å². The lowest BCUT2D eigenvalue weighted by Crippen LogP contribution is -2.44. The largest absolute Gasteiger partial charge is 0.539 e. The molecule has 38 heavy (non-hydrogen) atoms. The SMILES string of the molecule is CC(C)c1cc(C(C)C)c(/C(=C/CCC2([SiH](C)C)C=CC=CC2)O[Si](C)(C)c2ccccc2)c(C(C)C)c1. The van der Waals surface area contributed by atoms with Crippen LogP contribution in [0.3, 0.4) is 0 Å². The molecule has 1 atom stereocenters. The maximum atomic E-state index is 7.25. The molecular weight excluding hydrogens is 493 g/mol. The Morgan fingerprint density at radius 3 is 2.00 bits per heavy atom. The smallest absolute Gasteiger partial charge is 0.276 e. The first-order valence-electron chi connectivity index (χ1n) is 14.8. The number of hydrogen-bond donors (Lipinski definition) is 0. The van der Waals surface area contributed by atoms with E-state index in [1.165, 1.54) is 40.3 Å². The molecular formula is C35H52OSi2. The topological polar surface area (TPSA) is 9.23 Å². The zero-order valence-corrected chi connectivity index (χ0v) is 27.9. The molecule has 1 aliphatic carbocycles. The van der Waals surface area contributed by atoms with Crippen molar-refractivity contribution in [1.82, 2.24) is 0 Å². The fourth-order valence-corrected chi connectivity index (χ4v) is 9.36. The Morgan fingerprint density at radius 1 is 0.921 bits per heavy atom. The Kier molecular flexibility index (Phi) is 10.3. The summed E-state index contributed by atoms with van der Waals surface area (Å²) in [6.07, 6.45) is 15.3. The van der Waals surface area contributed by atoms with Gasteiger partial charge in [-0.25, -0.2) is 0 Å². The lowest BCUT2D eigenvalue weighted by Gasteiger charge is -2.35. The van der Waals surface area contributed by atoms with Gasteiger partial charge in [-0.3, -0.25) is 0 Å². The Balaban J connectivity index is 2.15. The van der Waals surface area contributed by atoms with Crippen molar-refractivity contribution in [3.8, 4) is 0 Å². The molecule has 0 saturated heterocycles. The summed E-state index contributed by atoms with van der Waals surface area (Å²) in [5, 5.41) is 1.69. The van der Waals surface area contributed by atoms with E-state index in [-0.39, 0.29) is 0 Å². The summed E-state index contributed by atoms with van der Waals surface area (Å²) in [6.45, 7) is 23.7. The van der Waals surface area contributed by atoms with Crippen molar-refractivity contribution < 1.29 is 4.43 Å². The molecule has 0 fully saturated rings. The van der Waals surface area contributed by atoms with Gasteiger partial charge in [-0.1, -0.05) is 121 Å². The van der Waals surface area contributed by atoms with Gasteiger partial charge >= 0.3 is 0 Å². The molecule has 1 unspecified atom stereocenters. The first-order chi connectivity index (χ1) is 17.9. The molecule has 2 aromatic rings. The summed E-state index contributed by atoms with van der Waals surface area (Å²) < 4.78 is 7.25. The summed E-state index contributed by atoms with van der Waals surface area (Å²) in [6, 6.07) is 15.8. The molecule has 2 aromatic carbocycles. The van der Waals surface area contributed by atoms with Crippen molar-refractivity contribution in [1.29, 1.82) is 0 Å². The summed E-state index contributed by atoms with van der Waals surface area (Å²) in [5.74, 6) is 2.47. The minimum Gasteiger partial charge on any atom is -0.539 e. The highest BCUT2D eigenvalue weighted by Crippen LogP contribution is 2.44. The normalized spacial score (nSPS) is 18.3. The standard InChI is InChI=1S/C35H52OSi2/c1-26(2)29-24-31(27(3)4)34(32(25-29)28(5)6)33(36-38(9,10)30-18-13-11-14-19-30)20-17-23-35(37(7)8)21-15-12-16-22-35/h11-16,18-21,24-28,37H,17,22-23H2,1-10H3/b33-20-. The van der Waals surface area contributed by atoms with E-state index in [9.17, 15) is 0 Å². The van der Waals surface area contributed by atoms with Crippen LogP contribution in [-0.4, -0.2) is 17.1 Å². The average Bonchev–Trinajstić information content (AvgIpc) is 2.88. The second-order valence-corrected chi connectivity index (χ2v) is 20.3. The molecule has 3 heteroatoms. The molecule has 0 spiro atoms. The fraction of sp³-hybridized carbons (Fsp3) is 0.486. The molecule has 0 amide bonds. The molecule has 3 rings (SSSR count). The molecule has 0 aromatic heterocycles. The molecule has 206 valence electrons. The molecule has 0 bridgehead atoms. The third kappa shape index (κ3) is 7.10. The van der Waals surface area contributed by atoms with Crippen molar-refractivity contribution in [2.24, 2.45) is 0 Å². The van der Waals surface area contributed by atoms with Crippen molar-refractivity contribution in [2.75, 3.05) is 0 Å². The molecule has 0 saturated carbocycles. The van der Waals surface area contributed by atoms with Crippen LogP contribution in [0, 0.1) is 0 Å². The van der Waals surface area contributed by atoms with Crippen LogP contribution >= 0.6 is 0 Å². The van der Waals surface area contributed by atoms with Gasteiger partial charge in [-0.15, -0.1) is 0 Å². The van der Waals surface area contributed by atoms with Gasteiger partial charge in [0.25, 0.3) is 8.32 Å². The highest BCUT2D eigenvalue weighted by molar-refractivity contribution is 6.85. The molecule has 0 N–H and O–H groups in total. The number of benzene rings is 2. The predicted molar refractivity (Wildman–Crippen MR) is 175 cm³/mol. The first kappa shape index (κ1) is 30.4. The molecule has 0 aliphatic heterocycles. The Labute approximate surface area is 236 Å². The first-order valence-corrected chi connectivity index (χ1v) is 20.6. The second kappa shape index (κ2) is 12.8. The summed E-state index contributed by atoms with van der Waals surface area (Å²) in [7, 11) is -3.08. The zero-order chi connectivity index (χ0) is 28.1. The van der Waals surface area contributed by atoms with Gasteiger partial charge in [-0.05, 0) is 83.1 Å². The van der Waals surface area contributed by atoms with Gasteiger partial charge in [-0.2, -0.15) is 0 Å².